The summed E-state index contributed by atoms with van der Waals surface area (Å²) in [6.07, 6.45) is 3.97. The van der Waals surface area contributed by atoms with Gasteiger partial charge < -0.3 is 24.6 Å². The molecule has 0 aromatic heterocycles. The topological polar surface area (TPSA) is 77.0 Å². The Kier molecular flexibility index (Phi) is 7.25. The van der Waals surface area contributed by atoms with Gasteiger partial charge >= 0.3 is 5.97 Å². The quantitative estimate of drug-likeness (QED) is 0.586. The number of ether oxygens (including phenoxy) is 3. The molecule has 2 N–H and O–H groups in total. The number of hydrogen-bond acceptors (Lipinski definition) is 5. The minimum absolute atomic E-state index is 0.452. The molecule has 0 bridgehead atoms. The molecule has 0 radical (unpaired) electrons. The highest BCUT2D eigenvalue weighted by molar-refractivity contribution is 5.83. The molecule has 0 aliphatic carbocycles. The second kappa shape index (κ2) is 10.1. The number of carboxylic acids is 1. The molecule has 2 aromatic carbocycles. The van der Waals surface area contributed by atoms with Crippen molar-refractivity contribution in [2.75, 3.05) is 38.9 Å². The number of nitrogens with one attached hydrogen (secondary N) is 1. The zero-order chi connectivity index (χ0) is 23.4. The fourth-order valence-corrected chi connectivity index (χ4v) is 4.91. The minimum atomic E-state index is -0.986. The van der Waals surface area contributed by atoms with Crippen molar-refractivity contribution in [3.8, 4) is 16.9 Å². The molecule has 4 rings (SSSR count). The second-order valence-electron chi connectivity index (χ2n) is 9.39. The summed E-state index contributed by atoms with van der Waals surface area (Å²) in [5, 5.41) is 13.3. The van der Waals surface area contributed by atoms with Crippen molar-refractivity contribution in [3.63, 3.8) is 0 Å². The Morgan fingerprint density at radius 3 is 2.61 bits per heavy atom. The van der Waals surface area contributed by atoms with Crippen LogP contribution in [-0.4, -0.2) is 50.2 Å². The van der Waals surface area contributed by atoms with Crippen LogP contribution in [0.25, 0.3) is 11.1 Å². The molecule has 1 atom stereocenters. The Morgan fingerprint density at radius 2 is 1.94 bits per heavy atom. The Morgan fingerprint density at radius 1 is 1.15 bits per heavy atom. The first-order valence-corrected chi connectivity index (χ1v) is 11.9. The second-order valence-corrected chi connectivity index (χ2v) is 9.39. The number of aryl methyl sites for hydroxylation is 2. The molecule has 2 aliphatic rings. The van der Waals surface area contributed by atoms with Gasteiger partial charge in [-0.2, -0.15) is 0 Å². The van der Waals surface area contributed by atoms with Gasteiger partial charge in [-0.25, -0.2) is 4.79 Å². The van der Waals surface area contributed by atoms with Crippen LogP contribution in [0.15, 0.2) is 30.3 Å². The Hall–Kier alpha value is -2.57. The van der Waals surface area contributed by atoms with E-state index in [9.17, 15) is 9.90 Å². The van der Waals surface area contributed by atoms with E-state index in [1.54, 1.807) is 7.11 Å². The summed E-state index contributed by atoms with van der Waals surface area (Å²) < 4.78 is 16.6. The van der Waals surface area contributed by atoms with E-state index in [0.717, 1.165) is 60.6 Å². The van der Waals surface area contributed by atoms with Gasteiger partial charge in [0.2, 0.25) is 0 Å². The highest BCUT2D eigenvalue weighted by Gasteiger charge is 2.40. The predicted molar refractivity (Wildman–Crippen MR) is 129 cm³/mol. The van der Waals surface area contributed by atoms with E-state index in [4.69, 9.17) is 14.2 Å². The Labute approximate surface area is 196 Å². The molecule has 178 valence electrons. The number of benzene rings is 2. The van der Waals surface area contributed by atoms with Gasteiger partial charge in [-0.05, 0) is 85.0 Å². The normalized spacial score (nSPS) is 19.9. The largest absolute Gasteiger partial charge is 0.496 e. The summed E-state index contributed by atoms with van der Waals surface area (Å²) in [6.45, 7) is 6.76. The first kappa shape index (κ1) is 23.6. The maximum absolute atomic E-state index is 12.1. The summed E-state index contributed by atoms with van der Waals surface area (Å²) in [4.78, 5) is 12.1. The molecular formula is C27H35NO5. The Balaban J connectivity index is 1.69. The van der Waals surface area contributed by atoms with Crippen molar-refractivity contribution >= 4 is 11.7 Å². The highest BCUT2D eigenvalue weighted by atomic mass is 16.5. The van der Waals surface area contributed by atoms with Crippen LogP contribution in [0.2, 0.25) is 0 Å². The van der Waals surface area contributed by atoms with Gasteiger partial charge in [-0.1, -0.05) is 12.1 Å². The number of methoxy groups -OCH3 is 1. The molecule has 2 aliphatic heterocycles. The lowest BCUT2D eigenvalue weighted by atomic mass is 9.88. The maximum atomic E-state index is 12.1. The van der Waals surface area contributed by atoms with Crippen LogP contribution in [0.4, 0.5) is 5.69 Å². The van der Waals surface area contributed by atoms with E-state index in [1.165, 1.54) is 11.1 Å². The first-order chi connectivity index (χ1) is 15.9. The third-order valence-electron chi connectivity index (χ3n) is 7.24. The first-order valence-electron chi connectivity index (χ1n) is 11.9. The number of carbonyl (C=O) groups is 1. The van der Waals surface area contributed by atoms with Crippen LogP contribution in [0, 0.1) is 19.8 Å². The number of hydrogen-bond donors (Lipinski definition) is 2. The summed E-state index contributed by atoms with van der Waals surface area (Å²) in [7, 11) is 1.71. The lowest BCUT2D eigenvalue weighted by molar-refractivity contribution is -0.145. The molecule has 1 unspecified atom stereocenters. The van der Waals surface area contributed by atoms with E-state index in [1.807, 2.05) is 6.07 Å². The molecule has 0 saturated carbocycles. The lowest BCUT2D eigenvalue weighted by Gasteiger charge is -2.35. The number of carboxylic acid groups (broad SMARTS) is 1. The number of anilines is 1. The molecule has 0 spiro atoms. The third kappa shape index (κ3) is 5.17. The zero-order valence-electron chi connectivity index (χ0n) is 19.9. The van der Waals surface area contributed by atoms with Crippen LogP contribution < -0.4 is 10.1 Å². The molecule has 2 fully saturated rings. The van der Waals surface area contributed by atoms with Crippen LogP contribution in [-0.2, 0) is 20.7 Å². The monoisotopic (exact) mass is 453 g/mol. The predicted octanol–water partition coefficient (Wildman–Crippen LogP) is 4.99. The van der Waals surface area contributed by atoms with E-state index >= 15 is 0 Å². The van der Waals surface area contributed by atoms with Gasteiger partial charge in [0.05, 0.1) is 7.11 Å². The van der Waals surface area contributed by atoms with Crippen LogP contribution in [0.1, 0.15) is 42.4 Å². The minimum Gasteiger partial charge on any atom is -0.496 e. The van der Waals surface area contributed by atoms with E-state index in [-0.39, 0.29) is 0 Å². The fourth-order valence-electron chi connectivity index (χ4n) is 4.91. The van der Waals surface area contributed by atoms with Crippen LogP contribution in [0.3, 0.4) is 0 Å². The summed E-state index contributed by atoms with van der Waals surface area (Å²) in [5.74, 6) is 0.636. The maximum Gasteiger partial charge on any atom is 0.329 e. The van der Waals surface area contributed by atoms with E-state index < -0.39 is 11.5 Å². The van der Waals surface area contributed by atoms with Gasteiger partial charge in [0, 0.05) is 45.0 Å². The molecule has 2 heterocycles. The standard InChI is InChI=1S/C27H35NO5/c1-18-14-22(16-25(31-3)19(18)2)24-7-6-23(15-21(24)5-4-20-8-11-33-17-20)28-27(26(29)30)9-12-32-13-10-27/h6-7,14-16,20,28H,4-5,8-13,17H2,1-3H3,(H,29,30). The number of aliphatic carboxylic acids is 1. The summed E-state index contributed by atoms with van der Waals surface area (Å²) in [6, 6.07) is 10.6. The molecule has 33 heavy (non-hydrogen) atoms. The van der Waals surface area contributed by atoms with Gasteiger partial charge in [0.1, 0.15) is 11.3 Å². The fraction of sp³-hybridized carbons (Fsp3) is 0.519. The summed E-state index contributed by atoms with van der Waals surface area (Å²) in [5.41, 5.74) is 5.69. The zero-order valence-corrected chi connectivity index (χ0v) is 19.9. The molecule has 2 saturated heterocycles. The van der Waals surface area contributed by atoms with Crippen LogP contribution >= 0.6 is 0 Å². The molecule has 6 nitrogen and oxygen atoms in total. The Bertz CT molecular complexity index is 990. The SMILES string of the molecule is COc1cc(-c2ccc(NC3(C(=O)O)CCOCC3)cc2CCC2CCOC2)cc(C)c1C. The summed E-state index contributed by atoms with van der Waals surface area (Å²) >= 11 is 0. The van der Waals surface area contributed by atoms with Crippen molar-refractivity contribution in [3.05, 3.63) is 47.0 Å². The molecule has 0 amide bonds. The van der Waals surface area contributed by atoms with Crippen molar-refractivity contribution in [2.24, 2.45) is 5.92 Å². The van der Waals surface area contributed by atoms with Gasteiger partial charge in [-0.3, -0.25) is 0 Å². The van der Waals surface area contributed by atoms with Crippen molar-refractivity contribution in [2.45, 2.75) is 51.5 Å². The third-order valence-corrected chi connectivity index (χ3v) is 7.24. The molecular weight excluding hydrogens is 418 g/mol. The van der Waals surface area contributed by atoms with Crippen molar-refractivity contribution < 1.29 is 24.1 Å². The lowest BCUT2D eigenvalue weighted by Crippen LogP contribution is -2.50. The average Bonchev–Trinajstić information content (AvgIpc) is 3.34. The van der Waals surface area contributed by atoms with Crippen molar-refractivity contribution in [1.82, 2.24) is 0 Å². The highest BCUT2D eigenvalue weighted by Crippen LogP contribution is 2.35. The van der Waals surface area contributed by atoms with Gasteiger partial charge in [0.25, 0.3) is 0 Å². The molecule has 2 aromatic rings. The van der Waals surface area contributed by atoms with E-state index in [0.29, 0.717) is 32.0 Å². The number of rotatable bonds is 8. The van der Waals surface area contributed by atoms with E-state index in [2.05, 4.69) is 43.4 Å². The van der Waals surface area contributed by atoms with Gasteiger partial charge in [-0.15, -0.1) is 0 Å². The van der Waals surface area contributed by atoms with Crippen LogP contribution in [0.5, 0.6) is 5.75 Å². The average molecular weight is 454 g/mol. The molecule has 6 heteroatoms. The van der Waals surface area contributed by atoms with Crippen molar-refractivity contribution in [1.29, 1.82) is 0 Å². The smallest absolute Gasteiger partial charge is 0.329 e. The van der Waals surface area contributed by atoms with Gasteiger partial charge in [0.15, 0.2) is 0 Å².